The van der Waals surface area contributed by atoms with E-state index in [1.165, 1.54) is 12.4 Å². The van der Waals surface area contributed by atoms with Crippen molar-refractivity contribution in [3.63, 3.8) is 0 Å². The van der Waals surface area contributed by atoms with E-state index in [-0.39, 0.29) is 36.9 Å². The minimum absolute atomic E-state index is 0.108. The number of nitrogens with zero attached hydrogens (tertiary/aromatic N) is 3. The molecule has 11 heteroatoms. The van der Waals surface area contributed by atoms with Gasteiger partial charge in [-0.2, -0.15) is 13.2 Å². The van der Waals surface area contributed by atoms with Gasteiger partial charge in [-0.25, -0.2) is 14.8 Å². The molecular formula is C15H14F3N5O3. The van der Waals surface area contributed by atoms with Crippen LogP contribution in [0.4, 0.5) is 23.8 Å². The van der Waals surface area contributed by atoms with E-state index < -0.39 is 23.7 Å². The summed E-state index contributed by atoms with van der Waals surface area (Å²) in [4.78, 5) is 31.5. The monoisotopic (exact) mass is 369 g/mol. The zero-order valence-electron chi connectivity index (χ0n) is 13.2. The Labute approximate surface area is 145 Å². The molecule has 2 amide bonds. The molecule has 3 N–H and O–H groups in total. The number of nitrogens with one attached hydrogen (secondary N) is 2. The first-order valence-corrected chi connectivity index (χ1v) is 7.57. The number of benzene rings is 1. The van der Waals surface area contributed by atoms with Gasteiger partial charge in [0, 0.05) is 18.5 Å². The van der Waals surface area contributed by atoms with Crippen LogP contribution in [-0.2, 0) is 11.0 Å². The zero-order chi connectivity index (χ0) is 18.9. The number of alkyl halides is 3. The van der Waals surface area contributed by atoms with Crippen LogP contribution in [0.2, 0.25) is 0 Å². The molecule has 1 saturated heterocycles. The number of halogens is 3. The van der Waals surface area contributed by atoms with Crippen molar-refractivity contribution in [2.45, 2.75) is 12.2 Å². The van der Waals surface area contributed by atoms with Crippen molar-refractivity contribution >= 4 is 28.7 Å². The lowest BCUT2D eigenvalue weighted by Gasteiger charge is -2.37. The molecule has 2 aromatic rings. The molecule has 0 bridgehead atoms. The summed E-state index contributed by atoms with van der Waals surface area (Å²) >= 11 is 0. The molecule has 0 aliphatic carbocycles. The molecule has 138 valence electrons. The average Bonchev–Trinajstić information content (AvgIpc) is 2.54. The van der Waals surface area contributed by atoms with Gasteiger partial charge >= 0.3 is 12.3 Å². The number of amides is 2. The third kappa shape index (κ3) is 3.76. The molecule has 0 spiro atoms. The smallest absolute Gasteiger partial charge is 0.416 e. The normalized spacial score (nSPS) is 14.8. The van der Waals surface area contributed by atoms with Crippen LogP contribution in [0, 0.1) is 0 Å². The van der Waals surface area contributed by atoms with Gasteiger partial charge in [0.2, 0.25) is 5.91 Å². The molecule has 0 atom stereocenters. The van der Waals surface area contributed by atoms with Crippen LogP contribution in [0.1, 0.15) is 5.56 Å². The number of rotatable bonds is 4. The third-order valence-corrected chi connectivity index (χ3v) is 3.90. The highest BCUT2D eigenvalue weighted by atomic mass is 19.4. The van der Waals surface area contributed by atoms with Gasteiger partial charge in [0.25, 0.3) is 0 Å². The number of carbonyl (C=O) groups is 2. The second kappa shape index (κ2) is 6.65. The van der Waals surface area contributed by atoms with E-state index >= 15 is 0 Å². The van der Waals surface area contributed by atoms with Crippen molar-refractivity contribution in [2.24, 2.45) is 0 Å². The van der Waals surface area contributed by atoms with E-state index in [0.29, 0.717) is 5.52 Å². The SMILES string of the molecule is O=C(CNc1ncnc2ccc(C(F)(F)F)cc12)NC1CN(C(=O)O)C1. The molecule has 0 radical (unpaired) electrons. The van der Waals surface area contributed by atoms with Crippen LogP contribution >= 0.6 is 0 Å². The highest BCUT2D eigenvalue weighted by Gasteiger charge is 2.32. The number of hydrogen-bond acceptors (Lipinski definition) is 5. The highest BCUT2D eigenvalue weighted by molar-refractivity contribution is 5.91. The number of carboxylic acid groups (broad SMARTS) is 1. The first-order chi connectivity index (χ1) is 12.2. The fourth-order valence-electron chi connectivity index (χ4n) is 2.54. The van der Waals surface area contributed by atoms with E-state index in [1.54, 1.807) is 0 Å². The molecule has 1 aromatic heterocycles. The molecule has 1 aliphatic heterocycles. The summed E-state index contributed by atoms with van der Waals surface area (Å²) in [6, 6.07) is 2.81. The van der Waals surface area contributed by atoms with E-state index in [1.807, 2.05) is 0 Å². The van der Waals surface area contributed by atoms with Gasteiger partial charge in [0.1, 0.15) is 12.1 Å². The molecule has 1 aliphatic rings. The number of fused-ring (bicyclic) bond motifs is 1. The van der Waals surface area contributed by atoms with Gasteiger partial charge in [-0.05, 0) is 18.2 Å². The number of anilines is 1. The van der Waals surface area contributed by atoms with Crippen molar-refractivity contribution in [1.82, 2.24) is 20.2 Å². The Hall–Kier alpha value is -3.11. The fourth-order valence-corrected chi connectivity index (χ4v) is 2.54. The molecule has 8 nitrogen and oxygen atoms in total. The highest BCUT2D eigenvalue weighted by Crippen LogP contribution is 2.32. The Morgan fingerprint density at radius 3 is 2.65 bits per heavy atom. The van der Waals surface area contributed by atoms with E-state index in [2.05, 4.69) is 20.6 Å². The summed E-state index contributed by atoms with van der Waals surface area (Å²) in [5, 5.41) is 14.2. The second-order valence-electron chi connectivity index (χ2n) is 5.76. The summed E-state index contributed by atoms with van der Waals surface area (Å²) in [5.41, 5.74) is -0.525. The maximum Gasteiger partial charge on any atom is 0.416 e. The maximum absolute atomic E-state index is 12.9. The van der Waals surface area contributed by atoms with Crippen molar-refractivity contribution in [1.29, 1.82) is 0 Å². The molecule has 0 saturated carbocycles. The predicted molar refractivity (Wildman–Crippen MR) is 84.6 cm³/mol. The molecule has 26 heavy (non-hydrogen) atoms. The molecule has 2 heterocycles. The van der Waals surface area contributed by atoms with Gasteiger partial charge < -0.3 is 20.6 Å². The predicted octanol–water partition coefficient (Wildman–Crippen LogP) is 1.54. The van der Waals surface area contributed by atoms with Crippen molar-refractivity contribution < 1.29 is 27.9 Å². The van der Waals surface area contributed by atoms with Gasteiger partial charge in [0.15, 0.2) is 0 Å². The van der Waals surface area contributed by atoms with Gasteiger partial charge in [-0.3, -0.25) is 4.79 Å². The van der Waals surface area contributed by atoms with Gasteiger partial charge in [-0.15, -0.1) is 0 Å². The lowest BCUT2D eigenvalue weighted by Crippen LogP contribution is -2.61. The summed E-state index contributed by atoms with van der Waals surface area (Å²) in [6.45, 7) is 0.185. The van der Waals surface area contributed by atoms with Crippen LogP contribution in [0.25, 0.3) is 10.9 Å². The second-order valence-corrected chi connectivity index (χ2v) is 5.76. The van der Waals surface area contributed by atoms with Crippen LogP contribution in [0.5, 0.6) is 0 Å². The number of carbonyl (C=O) groups excluding carboxylic acids is 1. The minimum Gasteiger partial charge on any atom is -0.465 e. The van der Waals surface area contributed by atoms with E-state index in [4.69, 9.17) is 5.11 Å². The third-order valence-electron chi connectivity index (χ3n) is 3.90. The lowest BCUT2D eigenvalue weighted by atomic mass is 10.1. The van der Waals surface area contributed by atoms with E-state index in [9.17, 15) is 22.8 Å². The zero-order valence-corrected chi connectivity index (χ0v) is 13.2. The number of hydrogen-bond donors (Lipinski definition) is 3. The Balaban J connectivity index is 1.65. The number of likely N-dealkylation sites (tertiary alicyclic amines) is 1. The van der Waals surface area contributed by atoms with E-state index in [0.717, 1.165) is 17.0 Å². The minimum atomic E-state index is -4.50. The summed E-state index contributed by atoms with van der Waals surface area (Å²) in [7, 11) is 0. The molecule has 1 fully saturated rings. The fraction of sp³-hybridized carbons (Fsp3) is 0.333. The molecule has 0 unspecified atom stereocenters. The Bertz CT molecular complexity index is 852. The molecular weight excluding hydrogens is 355 g/mol. The largest absolute Gasteiger partial charge is 0.465 e. The first-order valence-electron chi connectivity index (χ1n) is 7.57. The standard InChI is InChI=1S/C15H14F3N5O3/c16-15(17,18)8-1-2-11-10(3-8)13(21-7-20-11)19-4-12(24)22-9-5-23(6-9)14(25)26/h1-3,7,9H,4-6H2,(H,22,24)(H,25,26)(H,19,20,21). The Kier molecular flexibility index (Phi) is 4.53. The quantitative estimate of drug-likeness (QED) is 0.755. The summed E-state index contributed by atoms with van der Waals surface area (Å²) in [6.07, 6.45) is -4.37. The Morgan fingerprint density at radius 1 is 1.27 bits per heavy atom. The van der Waals surface area contributed by atoms with Crippen LogP contribution < -0.4 is 10.6 Å². The van der Waals surface area contributed by atoms with Gasteiger partial charge in [0.05, 0.1) is 23.7 Å². The topological polar surface area (TPSA) is 107 Å². The van der Waals surface area contributed by atoms with Gasteiger partial charge in [-0.1, -0.05) is 0 Å². The lowest BCUT2D eigenvalue weighted by molar-refractivity contribution is -0.137. The van der Waals surface area contributed by atoms with Crippen molar-refractivity contribution in [3.8, 4) is 0 Å². The molecule has 3 rings (SSSR count). The summed E-state index contributed by atoms with van der Waals surface area (Å²) < 4.78 is 38.6. The van der Waals surface area contributed by atoms with Crippen molar-refractivity contribution in [2.75, 3.05) is 25.0 Å². The maximum atomic E-state index is 12.9. The Morgan fingerprint density at radius 2 is 2.00 bits per heavy atom. The first kappa shape index (κ1) is 17.7. The van der Waals surface area contributed by atoms with Crippen molar-refractivity contribution in [3.05, 3.63) is 30.1 Å². The van der Waals surface area contributed by atoms with Crippen LogP contribution in [-0.4, -0.2) is 57.7 Å². The van der Waals surface area contributed by atoms with Crippen LogP contribution in [0.15, 0.2) is 24.5 Å². The summed E-state index contributed by atoms with van der Waals surface area (Å²) in [5.74, 6) is -0.309. The number of aromatic nitrogens is 2. The molecule has 1 aromatic carbocycles. The van der Waals surface area contributed by atoms with Crippen LogP contribution in [0.3, 0.4) is 0 Å². The average molecular weight is 369 g/mol.